The van der Waals surface area contributed by atoms with Crippen LogP contribution in [0.15, 0.2) is 78.9 Å². The number of rotatable bonds is 11. The van der Waals surface area contributed by atoms with Crippen molar-refractivity contribution in [1.82, 2.24) is 4.90 Å². The van der Waals surface area contributed by atoms with E-state index < -0.39 is 5.97 Å². The summed E-state index contributed by atoms with van der Waals surface area (Å²) in [5.41, 5.74) is 3.44. The summed E-state index contributed by atoms with van der Waals surface area (Å²) in [4.78, 5) is 14.3. The molecule has 0 heterocycles. The Morgan fingerprint density at radius 1 is 0.811 bits per heavy atom. The zero-order chi connectivity index (χ0) is 27.8. The molecule has 0 aliphatic rings. The summed E-state index contributed by atoms with van der Waals surface area (Å²) in [7, 11) is 0. The Hall–Kier alpha value is -3.11. The smallest absolute Gasteiger partial charge is 0.335 e. The first kappa shape index (κ1) is 31.9. The van der Waals surface area contributed by atoms with Crippen molar-refractivity contribution in [1.29, 1.82) is 0 Å². The highest BCUT2D eigenvalue weighted by Gasteiger charge is 2.23. The number of benzene rings is 3. The van der Waals surface area contributed by atoms with Crippen molar-refractivity contribution in [2.75, 3.05) is 6.54 Å². The van der Waals surface area contributed by atoms with Gasteiger partial charge in [0.2, 0.25) is 0 Å². The van der Waals surface area contributed by atoms with Crippen molar-refractivity contribution < 1.29 is 14.6 Å². The number of hydrogen-bond donors (Lipinski definition) is 1. The zero-order valence-corrected chi connectivity index (χ0v) is 24.1. The fourth-order valence-electron chi connectivity index (χ4n) is 4.40. The third kappa shape index (κ3) is 10.0. The van der Waals surface area contributed by atoms with Gasteiger partial charge < -0.3 is 9.84 Å². The SMILES string of the molecule is CC.CC.CC(C)N(CCC(c1ccccc1)c1cc(C(=O)O)ccc1OCc1ccccc1)C(C)C. The molecule has 3 rings (SSSR count). The Bertz CT molecular complexity index is 1010. The van der Waals surface area contributed by atoms with Gasteiger partial charge in [0.1, 0.15) is 12.4 Å². The summed E-state index contributed by atoms with van der Waals surface area (Å²) < 4.78 is 6.26. The molecule has 0 aliphatic heterocycles. The maximum atomic E-state index is 11.8. The van der Waals surface area contributed by atoms with E-state index in [9.17, 15) is 9.90 Å². The highest BCUT2D eigenvalue weighted by Crippen LogP contribution is 2.36. The maximum Gasteiger partial charge on any atom is 0.335 e. The third-order valence-electron chi connectivity index (χ3n) is 6.07. The minimum Gasteiger partial charge on any atom is -0.489 e. The Morgan fingerprint density at radius 2 is 1.35 bits per heavy atom. The first-order chi connectivity index (χ1) is 17.9. The second-order valence-electron chi connectivity index (χ2n) is 9.01. The van der Waals surface area contributed by atoms with Gasteiger partial charge in [-0.2, -0.15) is 0 Å². The highest BCUT2D eigenvalue weighted by molar-refractivity contribution is 5.88. The number of carbonyl (C=O) groups is 1. The average Bonchev–Trinajstić information content (AvgIpc) is 2.93. The lowest BCUT2D eigenvalue weighted by atomic mass is 9.86. The Balaban J connectivity index is 0.00000163. The van der Waals surface area contributed by atoms with E-state index in [0.29, 0.717) is 18.7 Å². The highest BCUT2D eigenvalue weighted by atomic mass is 16.5. The molecule has 0 spiro atoms. The molecule has 202 valence electrons. The fraction of sp³-hybridized carbons (Fsp3) is 0.424. The second kappa shape index (κ2) is 17.4. The number of hydrogen-bond acceptors (Lipinski definition) is 3. The minimum atomic E-state index is -0.927. The largest absolute Gasteiger partial charge is 0.489 e. The number of ether oxygens (including phenoxy) is 1. The Labute approximate surface area is 225 Å². The van der Waals surface area contributed by atoms with E-state index in [1.807, 2.05) is 76.2 Å². The number of nitrogens with zero attached hydrogens (tertiary/aromatic N) is 1. The average molecular weight is 506 g/mol. The van der Waals surface area contributed by atoms with Crippen LogP contribution in [0.5, 0.6) is 5.75 Å². The summed E-state index contributed by atoms with van der Waals surface area (Å²) in [6.07, 6.45) is 0.866. The maximum absolute atomic E-state index is 11.8. The van der Waals surface area contributed by atoms with E-state index in [2.05, 4.69) is 44.7 Å². The van der Waals surface area contributed by atoms with E-state index in [0.717, 1.165) is 35.4 Å². The van der Waals surface area contributed by atoms with Crippen LogP contribution in [0, 0.1) is 0 Å². The van der Waals surface area contributed by atoms with Crippen LogP contribution in [-0.4, -0.2) is 34.6 Å². The van der Waals surface area contributed by atoms with Gasteiger partial charge in [-0.05, 0) is 70.0 Å². The van der Waals surface area contributed by atoms with Crippen LogP contribution in [0.2, 0.25) is 0 Å². The van der Waals surface area contributed by atoms with E-state index in [-0.39, 0.29) is 11.5 Å². The Kier molecular flexibility index (Phi) is 15.0. The molecule has 0 aromatic heterocycles. The number of carboxylic acids is 1. The molecule has 1 atom stereocenters. The lowest BCUT2D eigenvalue weighted by molar-refractivity contribution is 0.0696. The van der Waals surface area contributed by atoms with Gasteiger partial charge in [0, 0.05) is 23.6 Å². The lowest BCUT2D eigenvalue weighted by Gasteiger charge is -2.32. The molecule has 0 fully saturated rings. The summed E-state index contributed by atoms with van der Waals surface area (Å²) in [6.45, 7) is 18.2. The predicted molar refractivity (Wildman–Crippen MR) is 157 cm³/mol. The molecule has 0 bridgehead atoms. The van der Waals surface area contributed by atoms with Crippen LogP contribution < -0.4 is 4.74 Å². The van der Waals surface area contributed by atoms with E-state index in [1.165, 1.54) is 0 Å². The minimum absolute atomic E-state index is 0.0243. The fourth-order valence-corrected chi connectivity index (χ4v) is 4.40. The Morgan fingerprint density at radius 3 is 1.86 bits per heavy atom. The molecule has 1 unspecified atom stereocenters. The predicted octanol–water partition coefficient (Wildman–Crippen LogP) is 8.66. The molecule has 1 N–H and O–H groups in total. The molecule has 0 aliphatic carbocycles. The third-order valence-corrected chi connectivity index (χ3v) is 6.07. The van der Waals surface area contributed by atoms with Crippen LogP contribution >= 0.6 is 0 Å². The van der Waals surface area contributed by atoms with Crippen LogP contribution in [0.1, 0.15) is 94.8 Å². The molecule has 4 nitrogen and oxygen atoms in total. The van der Waals surface area contributed by atoms with Gasteiger partial charge in [0.15, 0.2) is 0 Å². The van der Waals surface area contributed by atoms with Crippen LogP contribution in [0.4, 0.5) is 0 Å². The normalized spacial score (nSPS) is 11.3. The lowest BCUT2D eigenvalue weighted by Crippen LogP contribution is -2.38. The van der Waals surface area contributed by atoms with Crippen molar-refractivity contribution in [3.8, 4) is 5.75 Å². The van der Waals surface area contributed by atoms with Crippen molar-refractivity contribution in [3.05, 3.63) is 101 Å². The van der Waals surface area contributed by atoms with Gasteiger partial charge in [-0.25, -0.2) is 4.79 Å². The molecular formula is C33H47NO3. The monoisotopic (exact) mass is 505 g/mol. The van der Waals surface area contributed by atoms with Crippen molar-refractivity contribution >= 4 is 5.97 Å². The van der Waals surface area contributed by atoms with E-state index in [1.54, 1.807) is 18.2 Å². The molecule has 0 saturated carbocycles. The van der Waals surface area contributed by atoms with Crippen molar-refractivity contribution in [2.24, 2.45) is 0 Å². The van der Waals surface area contributed by atoms with Gasteiger partial charge in [0.25, 0.3) is 0 Å². The van der Waals surface area contributed by atoms with Crippen LogP contribution in [-0.2, 0) is 6.61 Å². The summed E-state index contributed by atoms with van der Waals surface area (Å²) >= 11 is 0. The molecule has 4 heteroatoms. The van der Waals surface area contributed by atoms with Crippen LogP contribution in [0.25, 0.3) is 0 Å². The van der Waals surface area contributed by atoms with Crippen molar-refractivity contribution in [3.63, 3.8) is 0 Å². The first-order valence-electron chi connectivity index (χ1n) is 13.7. The number of aromatic carboxylic acids is 1. The quantitative estimate of drug-likeness (QED) is 0.283. The first-order valence-corrected chi connectivity index (χ1v) is 13.7. The molecule has 0 saturated heterocycles. The van der Waals surface area contributed by atoms with Crippen molar-refractivity contribution in [2.45, 2.75) is 86.4 Å². The molecular weight excluding hydrogens is 458 g/mol. The van der Waals surface area contributed by atoms with E-state index >= 15 is 0 Å². The van der Waals surface area contributed by atoms with Gasteiger partial charge in [0.05, 0.1) is 5.56 Å². The summed E-state index contributed by atoms with van der Waals surface area (Å²) in [5.74, 6) is -0.168. The topological polar surface area (TPSA) is 49.8 Å². The van der Waals surface area contributed by atoms with Gasteiger partial charge in [-0.15, -0.1) is 0 Å². The second-order valence-corrected chi connectivity index (χ2v) is 9.01. The van der Waals surface area contributed by atoms with Gasteiger partial charge in [-0.1, -0.05) is 88.4 Å². The standard InChI is InChI=1S/C29H35NO3.2C2H6/c1-21(2)30(22(3)4)18-17-26(24-13-9-6-10-14-24)27-19-25(29(31)32)15-16-28(27)33-20-23-11-7-5-8-12-23;2*1-2/h5-16,19,21-22,26H,17-18,20H2,1-4H3,(H,31,32);2*1-2H3. The molecule has 0 amide bonds. The van der Waals surface area contributed by atoms with Gasteiger partial charge >= 0.3 is 5.97 Å². The summed E-state index contributed by atoms with van der Waals surface area (Å²) in [5, 5.41) is 9.68. The van der Waals surface area contributed by atoms with E-state index in [4.69, 9.17) is 4.74 Å². The molecule has 3 aromatic rings. The zero-order valence-electron chi connectivity index (χ0n) is 24.1. The molecule has 0 radical (unpaired) electrons. The van der Waals surface area contributed by atoms with Crippen LogP contribution in [0.3, 0.4) is 0 Å². The number of carboxylic acid groups (broad SMARTS) is 1. The van der Waals surface area contributed by atoms with Gasteiger partial charge in [-0.3, -0.25) is 4.90 Å². The molecule has 37 heavy (non-hydrogen) atoms. The summed E-state index contributed by atoms with van der Waals surface area (Å²) in [6, 6.07) is 26.4. The molecule has 3 aromatic carbocycles.